The summed E-state index contributed by atoms with van der Waals surface area (Å²) in [6.45, 7) is 0. The topological polar surface area (TPSA) is 79.4 Å². The molecular weight excluding hydrogens is 385 g/mol. The molecule has 0 radical (unpaired) electrons. The Morgan fingerprint density at radius 1 is 1.07 bits per heavy atom. The lowest BCUT2D eigenvalue weighted by molar-refractivity contribution is -0.142. The zero-order valence-electron chi connectivity index (χ0n) is 15.4. The second-order valence-corrected chi connectivity index (χ2v) is 6.52. The minimum Gasteiger partial charge on any atom is -0.507 e. The summed E-state index contributed by atoms with van der Waals surface area (Å²) in [6, 6.07) is 9.53. The molecule has 0 atom stereocenters. The number of fused-ring (bicyclic) bond motifs is 1. The van der Waals surface area contributed by atoms with Crippen LogP contribution in [-0.2, 0) is 6.18 Å². The SMILES string of the molecule is CN(C)c1ccc(C=c2c(C(F)(F)F)nn3c(-c4ccccc4O)nnc23)cn1. The monoisotopic (exact) mass is 400 g/mol. The van der Waals surface area contributed by atoms with E-state index in [9.17, 15) is 18.3 Å². The largest absolute Gasteiger partial charge is 0.507 e. The van der Waals surface area contributed by atoms with Crippen molar-refractivity contribution >= 4 is 17.5 Å². The van der Waals surface area contributed by atoms with Gasteiger partial charge in [-0.15, -0.1) is 10.2 Å². The third-order valence-corrected chi connectivity index (χ3v) is 4.29. The second kappa shape index (κ2) is 6.73. The van der Waals surface area contributed by atoms with Crippen LogP contribution in [0.3, 0.4) is 0 Å². The normalized spacial score (nSPS) is 12.7. The lowest BCUT2D eigenvalue weighted by atomic mass is 10.2. The van der Waals surface area contributed by atoms with E-state index in [2.05, 4.69) is 20.3 Å². The van der Waals surface area contributed by atoms with Gasteiger partial charge in [0, 0.05) is 20.3 Å². The van der Waals surface area contributed by atoms with E-state index in [-0.39, 0.29) is 28.0 Å². The predicted molar refractivity (Wildman–Crippen MR) is 100 cm³/mol. The van der Waals surface area contributed by atoms with Crippen LogP contribution in [0.5, 0.6) is 5.75 Å². The molecule has 10 heteroatoms. The van der Waals surface area contributed by atoms with Gasteiger partial charge in [0.1, 0.15) is 11.6 Å². The maximum absolute atomic E-state index is 13.6. The fourth-order valence-corrected chi connectivity index (χ4v) is 2.89. The molecule has 0 fully saturated rings. The highest BCUT2D eigenvalue weighted by Gasteiger charge is 2.37. The third-order valence-electron chi connectivity index (χ3n) is 4.29. The molecular formula is C19H15F3N6O. The fraction of sp³-hybridized carbons (Fsp3) is 0.158. The molecule has 3 aromatic heterocycles. The summed E-state index contributed by atoms with van der Waals surface area (Å²) >= 11 is 0. The lowest BCUT2D eigenvalue weighted by Gasteiger charge is -2.10. The Hall–Kier alpha value is -3.69. The summed E-state index contributed by atoms with van der Waals surface area (Å²) in [7, 11) is 3.63. The van der Waals surface area contributed by atoms with Crippen LogP contribution in [0.4, 0.5) is 19.0 Å². The number of hydrogen-bond donors (Lipinski definition) is 1. The van der Waals surface area contributed by atoms with Crippen LogP contribution in [0, 0.1) is 0 Å². The molecule has 3 heterocycles. The highest BCUT2D eigenvalue weighted by molar-refractivity contribution is 5.67. The van der Waals surface area contributed by atoms with Crippen molar-refractivity contribution in [2.24, 2.45) is 0 Å². The summed E-state index contributed by atoms with van der Waals surface area (Å²) in [5.74, 6) is 0.560. The quantitative estimate of drug-likeness (QED) is 0.569. The van der Waals surface area contributed by atoms with Gasteiger partial charge in [-0.2, -0.15) is 22.8 Å². The Bertz CT molecular complexity index is 1230. The fourth-order valence-electron chi connectivity index (χ4n) is 2.89. The van der Waals surface area contributed by atoms with Gasteiger partial charge in [0.05, 0.1) is 10.8 Å². The van der Waals surface area contributed by atoms with Gasteiger partial charge in [-0.3, -0.25) is 0 Å². The van der Waals surface area contributed by atoms with E-state index in [1.165, 1.54) is 24.4 Å². The number of nitrogens with zero attached hydrogens (tertiary/aromatic N) is 6. The van der Waals surface area contributed by atoms with Gasteiger partial charge in [-0.05, 0) is 35.9 Å². The number of aromatic hydroxyl groups is 1. The first-order chi connectivity index (χ1) is 13.8. The van der Waals surface area contributed by atoms with Crippen LogP contribution in [0.25, 0.3) is 23.1 Å². The summed E-state index contributed by atoms with van der Waals surface area (Å²) < 4.78 is 41.9. The van der Waals surface area contributed by atoms with Gasteiger partial charge >= 0.3 is 6.18 Å². The molecule has 0 saturated carbocycles. The number of benzene rings is 1. The van der Waals surface area contributed by atoms with Gasteiger partial charge in [-0.25, -0.2) is 4.98 Å². The van der Waals surface area contributed by atoms with Crippen molar-refractivity contribution in [3.8, 4) is 17.1 Å². The molecule has 148 valence electrons. The summed E-state index contributed by atoms with van der Waals surface area (Å²) in [4.78, 5) is 5.99. The van der Waals surface area contributed by atoms with E-state index in [0.717, 1.165) is 4.52 Å². The molecule has 0 saturated heterocycles. The van der Waals surface area contributed by atoms with E-state index in [1.54, 1.807) is 29.2 Å². The van der Waals surface area contributed by atoms with Crippen molar-refractivity contribution in [3.63, 3.8) is 0 Å². The number of para-hydroxylation sites is 1. The van der Waals surface area contributed by atoms with Crippen molar-refractivity contribution in [2.75, 3.05) is 19.0 Å². The number of alkyl halides is 3. The van der Waals surface area contributed by atoms with E-state index in [4.69, 9.17) is 0 Å². The average Bonchev–Trinajstić information content (AvgIpc) is 3.23. The molecule has 7 nitrogen and oxygen atoms in total. The van der Waals surface area contributed by atoms with Crippen LogP contribution >= 0.6 is 0 Å². The number of anilines is 1. The summed E-state index contributed by atoms with van der Waals surface area (Å²) in [5.41, 5.74) is -0.457. The number of aromatic nitrogens is 5. The van der Waals surface area contributed by atoms with Crippen molar-refractivity contribution < 1.29 is 18.3 Å². The molecule has 1 N–H and O–H groups in total. The van der Waals surface area contributed by atoms with Crippen molar-refractivity contribution in [1.82, 2.24) is 24.8 Å². The molecule has 0 aliphatic carbocycles. The number of halogens is 3. The van der Waals surface area contributed by atoms with E-state index in [1.807, 2.05) is 14.1 Å². The minimum absolute atomic E-state index is 0.0179. The molecule has 0 amide bonds. The number of hydrogen-bond acceptors (Lipinski definition) is 6. The second-order valence-electron chi connectivity index (χ2n) is 6.52. The molecule has 0 aliphatic rings. The maximum atomic E-state index is 13.6. The number of phenols is 1. The van der Waals surface area contributed by atoms with Crippen LogP contribution in [-0.4, -0.2) is 44.0 Å². The third kappa shape index (κ3) is 3.33. The van der Waals surface area contributed by atoms with Gasteiger partial charge in [0.25, 0.3) is 0 Å². The molecule has 0 spiro atoms. The number of rotatable bonds is 3. The molecule has 1 aromatic carbocycles. The van der Waals surface area contributed by atoms with Gasteiger partial charge < -0.3 is 10.0 Å². The highest BCUT2D eigenvalue weighted by atomic mass is 19.4. The Kier molecular flexibility index (Phi) is 4.33. The summed E-state index contributed by atoms with van der Waals surface area (Å²) in [5, 5.41) is 21.3. The average molecular weight is 400 g/mol. The first kappa shape index (κ1) is 18.7. The first-order valence-corrected chi connectivity index (χ1v) is 8.51. The molecule has 0 unspecified atom stereocenters. The number of phenolic OH excluding ortho intramolecular Hbond substituents is 1. The van der Waals surface area contributed by atoms with E-state index in [0.29, 0.717) is 11.4 Å². The zero-order valence-corrected chi connectivity index (χ0v) is 15.4. The molecule has 0 aliphatic heterocycles. The summed E-state index contributed by atoms with van der Waals surface area (Å²) in [6.07, 6.45) is -1.90. The van der Waals surface area contributed by atoms with Crippen LogP contribution in [0.2, 0.25) is 0 Å². The van der Waals surface area contributed by atoms with Crippen LogP contribution in [0.1, 0.15) is 11.3 Å². The van der Waals surface area contributed by atoms with Crippen molar-refractivity contribution in [2.45, 2.75) is 6.18 Å². The lowest BCUT2D eigenvalue weighted by Crippen LogP contribution is -2.18. The first-order valence-electron chi connectivity index (χ1n) is 8.51. The Morgan fingerprint density at radius 3 is 2.45 bits per heavy atom. The Labute approximate surface area is 162 Å². The standard InChI is InChI=1S/C19H15F3N6O/c1-27(2)15-8-7-11(10-23-15)9-13-16(19(20,21)22)26-28-17(24-25-18(13)28)12-5-3-4-6-14(12)29/h3-10,29H,1-2H3. The number of pyridine rings is 1. The Balaban J connectivity index is 1.94. The van der Waals surface area contributed by atoms with Gasteiger partial charge in [-0.1, -0.05) is 12.1 Å². The van der Waals surface area contributed by atoms with Crippen molar-refractivity contribution in [3.05, 3.63) is 59.1 Å². The van der Waals surface area contributed by atoms with Gasteiger partial charge in [0.15, 0.2) is 17.2 Å². The molecule has 29 heavy (non-hydrogen) atoms. The van der Waals surface area contributed by atoms with Crippen LogP contribution < -0.4 is 10.1 Å². The van der Waals surface area contributed by atoms with Crippen LogP contribution in [0.15, 0.2) is 42.6 Å². The minimum atomic E-state index is -4.69. The maximum Gasteiger partial charge on any atom is 0.435 e. The molecule has 0 bridgehead atoms. The molecule has 4 rings (SSSR count). The zero-order chi connectivity index (χ0) is 20.8. The predicted octanol–water partition coefficient (Wildman–Crippen LogP) is 2.52. The van der Waals surface area contributed by atoms with E-state index >= 15 is 0 Å². The Morgan fingerprint density at radius 2 is 1.83 bits per heavy atom. The highest BCUT2D eigenvalue weighted by Crippen LogP contribution is 2.30. The smallest absolute Gasteiger partial charge is 0.435 e. The van der Waals surface area contributed by atoms with Gasteiger partial charge in [0.2, 0.25) is 0 Å². The van der Waals surface area contributed by atoms with Crippen molar-refractivity contribution in [1.29, 1.82) is 0 Å². The molecule has 4 aromatic rings. The van der Waals surface area contributed by atoms with E-state index < -0.39 is 11.9 Å².